The van der Waals surface area contributed by atoms with Crippen molar-refractivity contribution in [1.82, 2.24) is 5.43 Å². The average molecular weight is 405 g/mol. The molecule has 130 valence electrons. The van der Waals surface area contributed by atoms with E-state index in [0.29, 0.717) is 17.2 Å². The van der Waals surface area contributed by atoms with Crippen LogP contribution >= 0.6 is 15.9 Å². The number of nitrogens with one attached hydrogen (secondary N) is 1. The van der Waals surface area contributed by atoms with Crippen LogP contribution in [0, 0.1) is 13.8 Å². The maximum absolute atomic E-state index is 11.9. The van der Waals surface area contributed by atoms with Crippen LogP contribution in [-0.2, 0) is 4.79 Å². The fourth-order valence-corrected chi connectivity index (χ4v) is 2.67. The highest BCUT2D eigenvalue weighted by Gasteiger charge is 2.15. The Bertz CT molecular complexity index is 836. The molecule has 0 aliphatic carbocycles. The number of amides is 1. The van der Waals surface area contributed by atoms with Crippen molar-refractivity contribution in [3.63, 3.8) is 0 Å². The molecule has 2 aromatic rings. The van der Waals surface area contributed by atoms with Crippen LogP contribution in [0.25, 0.3) is 0 Å². The molecule has 1 amide bonds. The van der Waals surface area contributed by atoms with Gasteiger partial charge >= 0.3 is 0 Å². The van der Waals surface area contributed by atoms with Crippen molar-refractivity contribution in [3.8, 4) is 17.2 Å². The first-order valence-electron chi connectivity index (χ1n) is 7.64. The summed E-state index contributed by atoms with van der Waals surface area (Å²) in [4.78, 5) is 11.9. The van der Waals surface area contributed by atoms with Gasteiger partial charge in [0.05, 0.1) is 6.21 Å². The zero-order valence-electron chi connectivity index (χ0n) is 13.8. The Morgan fingerprint density at radius 3 is 2.84 bits per heavy atom. The number of ether oxygens (including phenoxy) is 3. The lowest BCUT2D eigenvalue weighted by Gasteiger charge is -2.08. The Kier molecular flexibility index (Phi) is 5.23. The number of rotatable bonds is 5. The molecule has 1 aliphatic rings. The highest BCUT2D eigenvalue weighted by Crippen LogP contribution is 2.36. The van der Waals surface area contributed by atoms with E-state index in [4.69, 9.17) is 14.2 Å². The van der Waals surface area contributed by atoms with Gasteiger partial charge in [-0.15, -0.1) is 0 Å². The first-order valence-corrected chi connectivity index (χ1v) is 8.43. The smallest absolute Gasteiger partial charge is 0.277 e. The molecule has 0 saturated heterocycles. The number of hydrazone groups is 1. The van der Waals surface area contributed by atoms with Crippen LogP contribution in [-0.4, -0.2) is 25.5 Å². The summed E-state index contributed by atoms with van der Waals surface area (Å²) < 4.78 is 16.9. The minimum atomic E-state index is -0.339. The summed E-state index contributed by atoms with van der Waals surface area (Å²) in [6, 6.07) is 9.44. The van der Waals surface area contributed by atoms with Crippen LogP contribution in [0.2, 0.25) is 0 Å². The van der Waals surface area contributed by atoms with Crippen molar-refractivity contribution in [2.45, 2.75) is 13.8 Å². The monoisotopic (exact) mass is 404 g/mol. The molecule has 1 N–H and O–H groups in total. The van der Waals surface area contributed by atoms with E-state index in [1.807, 2.05) is 32.0 Å². The summed E-state index contributed by atoms with van der Waals surface area (Å²) in [5, 5.41) is 3.95. The number of nitrogens with zero attached hydrogens (tertiary/aromatic N) is 1. The molecule has 0 unspecified atom stereocenters. The molecule has 25 heavy (non-hydrogen) atoms. The maximum Gasteiger partial charge on any atom is 0.277 e. The van der Waals surface area contributed by atoms with Gasteiger partial charge < -0.3 is 14.2 Å². The van der Waals surface area contributed by atoms with E-state index in [1.54, 1.807) is 12.1 Å². The largest absolute Gasteiger partial charge is 0.483 e. The number of carbonyl (C=O) groups is 1. The van der Waals surface area contributed by atoms with Gasteiger partial charge in [0.25, 0.3) is 5.91 Å². The van der Waals surface area contributed by atoms with E-state index in [0.717, 1.165) is 21.2 Å². The molecule has 0 bridgehead atoms. The zero-order valence-corrected chi connectivity index (χ0v) is 15.4. The molecule has 0 aromatic heterocycles. The normalized spacial score (nSPS) is 12.4. The van der Waals surface area contributed by atoms with Crippen molar-refractivity contribution in [1.29, 1.82) is 0 Å². The van der Waals surface area contributed by atoms with Gasteiger partial charge in [0, 0.05) is 10.0 Å². The average Bonchev–Trinajstić information content (AvgIpc) is 3.03. The number of aryl methyl sites for hydroxylation is 2. The van der Waals surface area contributed by atoms with E-state index in [9.17, 15) is 4.79 Å². The molecular formula is C18H17BrN2O4. The minimum absolute atomic E-state index is 0.107. The van der Waals surface area contributed by atoms with Gasteiger partial charge in [-0.3, -0.25) is 4.79 Å². The number of halogens is 1. The molecule has 7 heteroatoms. The van der Waals surface area contributed by atoms with Gasteiger partial charge in [-0.2, -0.15) is 5.10 Å². The summed E-state index contributed by atoms with van der Waals surface area (Å²) in [7, 11) is 0. The number of hydrogen-bond acceptors (Lipinski definition) is 5. The Balaban J connectivity index is 1.55. The van der Waals surface area contributed by atoms with Crippen LogP contribution in [0.5, 0.6) is 17.2 Å². The highest BCUT2D eigenvalue weighted by atomic mass is 79.9. The lowest BCUT2D eigenvalue weighted by atomic mass is 10.1. The van der Waals surface area contributed by atoms with Gasteiger partial charge in [0.1, 0.15) is 5.75 Å². The van der Waals surface area contributed by atoms with E-state index in [2.05, 4.69) is 26.5 Å². The summed E-state index contributed by atoms with van der Waals surface area (Å²) in [6.07, 6.45) is 1.53. The summed E-state index contributed by atoms with van der Waals surface area (Å²) in [5.74, 6) is 1.68. The topological polar surface area (TPSA) is 69.2 Å². The molecule has 2 aromatic carbocycles. The van der Waals surface area contributed by atoms with E-state index >= 15 is 0 Å². The van der Waals surface area contributed by atoms with Gasteiger partial charge in [-0.1, -0.05) is 12.1 Å². The predicted octanol–water partition coefficient (Wildman–Crippen LogP) is 3.32. The molecule has 0 atom stereocenters. The molecule has 0 spiro atoms. The fraction of sp³-hybridized carbons (Fsp3) is 0.222. The van der Waals surface area contributed by atoms with Gasteiger partial charge in [-0.05, 0) is 59.1 Å². The molecule has 6 nitrogen and oxygen atoms in total. The second-order valence-electron chi connectivity index (χ2n) is 5.58. The molecule has 0 saturated carbocycles. The van der Waals surface area contributed by atoms with Crippen LogP contribution < -0.4 is 19.6 Å². The van der Waals surface area contributed by atoms with Crippen LogP contribution in [0.15, 0.2) is 39.9 Å². The molecule has 1 heterocycles. The third kappa shape index (κ3) is 4.30. The summed E-state index contributed by atoms with van der Waals surface area (Å²) >= 11 is 3.43. The third-order valence-corrected chi connectivity index (χ3v) is 4.27. The quantitative estimate of drug-likeness (QED) is 0.612. The first kappa shape index (κ1) is 17.3. The third-order valence-electron chi connectivity index (χ3n) is 3.59. The van der Waals surface area contributed by atoms with Crippen molar-refractivity contribution in [3.05, 3.63) is 51.5 Å². The lowest BCUT2D eigenvalue weighted by molar-refractivity contribution is -0.123. The van der Waals surface area contributed by atoms with E-state index in [-0.39, 0.29) is 19.3 Å². The maximum atomic E-state index is 11.9. The Hall–Kier alpha value is -2.54. The minimum Gasteiger partial charge on any atom is -0.483 e. The molecule has 1 aliphatic heterocycles. The van der Waals surface area contributed by atoms with Crippen molar-refractivity contribution >= 4 is 28.1 Å². The Morgan fingerprint density at radius 1 is 1.28 bits per heavy atom. The highest BCUT2D eigenvalue weighted by molar-refractivity contribution is 9.10. The Labute approximate surface area is 153 Å². The first-order chi connectivity index (χ1) is 12.0. The fourth-order valence-electron chi connectivity index (χ4n) is 2.24. The lowest BCUT2D eigenvalue weighted by Crippen LogP contribution is -2.24. The van der Waals surface area contributed by atoms with Gasteiger partial charge in [-0.25, -0.2) is 5.43 Å². The predicted molar refractivity (Wildman–Crippen MR) is 97.4 cm³/mol. The van der Waals surface area contributed by atoms with Crippen molar-refractivity contribution < 1.29 is 19.0 Å². The van der Waals surface area contributed by atoms with Crippen LogP contribution in [0.4, 0.5) is 0 Å². The molecular weight excluding hydrogens is 388 g/mol. The van der Waals surface area contributed by atoms with E-state index in [1.165, 1.54) is 6.21 Å². The SMILES string of the molecule is Cc1ccc(C)c(OCC(=O)NN=Cc2cc3c(cc2Br)OCO3)c1. The second kappa shape index (κ2) is 7.57. The van der Waals surface area contributed by atoms with Crippen molar-refractivity contribution in [2.24, 2.45) is 5.10 Å². The summed E-state index contributed by atoms with van der Waals surface area (Å²) in [5.41, 5.74) is 5.26. The number of fused-ring (bicyclic) bond motifs is 1. The number of benzene rings is 2. The van der Waals surface area contributed by atoms with Crippen LogP contribution in [0.1, 0.15) is 16.7 Å². The second-order valence-corrected chi connectivity index (χ2v) is 6.43. The molecule has 0 fully saturated rings. The summed E-state index contributed by atoms with van der Waals surface area (Å²) in [6.45, 7) is 4.00. The number of hydrogen-bond donors (Lipinski definition) is 1. The van der Waals surface area contributed by atoms with Gasteiger partial charge in [0.15, 0.2) is 18.1 Å². The van der Waals surface area contributed by atoms with Crippen LogP contribution in [0.3, 0.4) is 0 Å². The van der Waals surface area contributed by atoms with Gasteiger partial charge in [0.2, 0.25) is 6.79 Å². The van der Waals surface area contributed by atoms with E-state index < -0.39 is 0 Å². The standard InChI is InChI=1S/C18H17BrN2O4/c1-11-3-4-12(2)15(5-11)23-9-18(22)21-20-8-13-6-16-17(7-14(13)19)25-10-24-16/h3-8H,9-10H2,1-2H3,(H,21,22). The number of carbonyl (C=O) groups excluding carboxylic acids is 1. The zero-order chi connectivity index (χ0) is 17.8. The van der Waals surface area contributed by atoms with Crippen molar-refractivity contribution in [2.75, 3.05) is 13.4 Å². The Morgan fingerprint density at radius 2 is 2.04 bits per heavy atom. The molecule has 0 radical (unpaired) electrons. The molecule has 3 rings (SSSR count).